The molecule has 1 unspecified atom stereocenters. The number of hydrogen-bond acceptors (Lipinski definition) is 1. The van der Waals surface area contributed by atoms with Crippen LogP contribution >= 0.6 is 0 Å². The zero-order valence-electron chi connectivity index (χ0n) is 9.86. The van der Waals surface area contributed by atoms with Crippen LogP contribution in [0.3, 0.4) is 0 Å². The Balaban J connectivity index is 2.43. The lowest BCUT2D eigenvalue weighted by atomic mass is 10.0. The highest BCUT2D eigenvalue weighted by molar-refractivity contribution is 5.16. The van der Waals surface area contributed by atoms with Crippen LogP contribution in [-0.4, -0.2) is 12.6 Å². The molecule has 0 fully saturated rings. The molecule has 0 saturated heterocycles. The van der Waals surface area contributed by atoms with E-state index < -0.39 is 0 Å². The molecule has 1 atom stereocenters. The fourth-order valence-corrected chi connectivity index (χ4v) is 1.73. The Bertz CT molecular complexity index is 302. The average Bonchev–Trinajstić information content (AvgIpc) is 2.31. The second kappa shape index (κ2) is 7.89. The van der Waals surface area contributed by atoms with Crippen LogP contribution in [0.25, 0.3) is 0 Å². The van der Waals surface area contributed by atoms with Gasteiger partial charge in [-0.15, -0.1) is 13.2 Å². The molecule has 1 aromatic carbocycles. The van der Waals surface area contributed by atoms with Gasteiger partial charge in [-0.1, -0.05) is 42.5 Å². The van der Waals surface area contributed by atoms with Crippen LogP contribution in [-0.2, 0) is 6.42 Å². The van der Waals surface area contributed by atoms with Crippen molar-refractivity contribution in [2.45, 2.75) is 25.3 Å². The zero-order valence-corrected chi connectivity index (χ0v) is 9.86. The molecule has 1 rings (SSSR count). The third-order valence-corrected chi connectivity index (χ3v) is 2.56. The van der Waals surface area contributed by atoms with E-state index in [1.807, 2.05) is 12.2 Å². The maximum Gasteiger partial charge on any atom is 0.0142 e. The van der Waals surface area contributed by atoms with Crippen LogP contribution in [0.4, 0.5) is 0 Å². The van der Waals surface area contributed by atoms with Crippen molar-refractivity contribution >= 4 is 0 Å². The summed E-state index contributed by atoms with van der Waals surface area (Å²) >= 11 is 0. The Morgan fingerprint density at radius 1 is 1.12 bits per heavy atom. The van der Waals surface area contributed by atoms with E-state index in [2.05, 4.69) is 48.8 Å². The van der Waals surface area contributed by atoms with Crippen LogP contribution in [0.2, 0.25) is 0 Å². The molecule has 0 radical (unpaired) electrons. The van der Waals surface area contributed by atoms with Crippen LogP contribution in [0.1, 0.15) is 18.4 Å². The van der Waals surface area contributed by atoms with Gasteiger partial charge in [0.15, 0.2) is 0 Å². The smallest absolute Gasteiger partial charge is 0.0142 e. The molecule has 0 spiro atoms. The van der Waals surface area contributed by atoms with E-state index >= 15 is 0 Å². The molecule has 1 nitrogen and oxygen atoms in total. The standard InChI is InChI=1S/C15H21N/c1-3-5-12-16-15(9-4-2)13-14-10-7-6-8-11-14/h3-4,6-8,10-11,15-16H,1-2,5,9,12-13H2. The minimum atomic E-state index is 0.486. The number of nitrogens with one attached hydrogen (secondary N) is 1. The van der Waals surface area contributed by atoms with Gasteiger partial charge in [-0.2, -0.15) is 0 Å². The number of rotatable bonds is 8. The van der Waals surface area contributed by atoms with Crippen molar-refractivity contribution in [1.29, 1.82) is 0 Å². The van der Waals surface area contributed by atoms with Crippen molar-refractivity contribution in [3.63, 3.8) is 0 Å². The molecule has 0 heterocycles. The van der Waals surface area contributed by atoms with E-state index in [0.717, 1.165) is 25.8 Å². The highest BCUT2D eigenvalue weighted by atomic mass is 14.9. The first-order chi connectivity index (χ1) is 7.86. The molecular weight excluding hydrogens is 194 g/mol. The van der Waals surface area contributed by atoms with Crippen molar-refractivity contribution < 1.29 is 0 Å². The van der Waals surface area contributed by atoms with E-state index in [4.69, 9.17) is 0 Å². The van der Waals surface area contributed by atoms with Gasteiger partial charge in [0.25, 0.3) is 0 Å². The quantitative estimate of drug-likeness (QED) is 0.518. The van der Waals surface area contributed by atoms with Gasteiger partial charge in [-0.3, -0.25) is 0 Å². The van der Waals surface area contributed by atoms with Crippen LogP contribution in [0, 0.1) is 0 Å². The summed E-state index contributed by atoms with van der Waals surface area (Å²) in [4.78, 5) is 0. The van der Waals surface area contributed by atoms with E-state index in [1.54, 1.807) is 0 Å². The topological polar surface area (TPSA) is 12.0 Å². The summed E-state index contributed by atoms with van der Waals surface area (Å²) in [5.41, 5.74) is 1.38. The second-order valence-electron chi connectivity index (χ2n) is 3.94. The fourth-order valence-electron chi connectivity index (χ4n) is 1.73. The molecule has 0 aliphatic heterocycles. The summed E-state index contributed by atoms with van der Waals surface area (Å²) < 4.78 is 0. The van der Waals surface area contributed by atoms with Crippen LogP contribution < -0.4 is 5.32 Å². The SMILES string of the molecule is C=CCCNC(CC=C)Cc1ccccc1. The molecule has 0 aliphatic carbocycles. The second-order valence-corrected chi connectivity index (χ2v) is 3.94. The maximum atomic E-state index is 3.81. The number of benzene rings is 1. The molecule has 0 aliphatic rings. The van der Waals surface area contributed by atoms with Gasteiger partial charge < -0.3 is 5.32 Å². The minimum Gasteiger partial charge on any atom is -0.313 e. The summed E-state index contributed by atoms with van der Waals surface area (Å²) in [6, 6.07) is 11.1. The lowest BCUT2D eigenvalue weighted by Gasteiger charge is -2.16. The predicted octanol–water partition coefficient (Wildman–Crippen LogP) is 3.34. The Morgan fingerprint density at radius 3 is 2.50 bits per heavy atom. The minimum absolute atomic E-state index is 0.486. The molecule has 0 aromatic heterocycles. The van der Waals surface area contributed by atoms with Crippen molar-refractivity contribution in [1.82, 2.24) is 5.32 Å². The van der Waals surface area contributed by atoms with Crippen LogP contribution in [0.15, 0.2) is 55.6 Å². The first-order valence-corrected chi connectivity index (χ1v) is 5.86. The molecule has 0 bridgehead atoms. The summed E-state index contributed by atoms with van der Waals surface area (Å²) in [6.07, 6.45) is 7.01. The highest BCUT2D eigenvalue weighted by Gasteiger charge is 2.06. The molecular formula is C15H21N. The van der Waals surface area contributed by atoms with Crippen molar-refractivity contribution in [3.8, 4) is 0 Å². The third kappa shape index (κ3) is 4.94. The first kappa shape index (κ1) is 12.7. The molecule has 86 valence electrons. The van der Waals surface area contributed by atoms with Gasteiger partial charge in [-0.25, -0.2) is 0 Å². The molecule has 0 amide bonds. The summed E-state index contributed by atoms with van der Waals surface area (Å²) in [6.45, 7) is 8.53. The normalized spacial score (nSPS) is 12.0. The zero-order chi connectivity index (χ0) is 11.6. The lowest BCUT2D eigenvalue weighted by molar-refractivity contribution is 0.519. The summed E-state index contributed by atoms with van der Waals surface area (Å²) in [5.74, 6) is 0. The Kier molecular flexibility index (Phi) is 6.28. The monoisotopic (exact) mass is 215 g/mol. The van der Waals surface area contributed by atoms with Gasteiger partial charge in [0.1, 0.15) is 0 Å². The number of hydrogen-bond donors (Lipinski definition) is 1. The first-order valence-electron chi connectivity index (χ1n) is 5.86. The molecule has 16 heavy (non-hydrogen) atoms. The molecule has 1 heteroatoms. The Morgan fingerprint density at radius 2 is 1.88 bits per heavy atom. The largest absolute Gasteiger partial charge is 0.313 e. The Labute approximate surface area is 98.9 Å². The maximum absolute atomic E-state index is 3.81. The predicted molar refractivity (Wildman–Crippen MR) is 71.6 cm³/mol. The molecule has 1 aromatic rings. The summed E-state index contributed by atoms with van der Waals surface area (Å²) in [5, 5.41) is 3.53. The van der Waals surface area contributed by atoms with Crippen molar-refractivity contribution in [2.24, 2.45) is 0 Å². The van der Waals surface area contributed by atoms with Gasteiger partial charge in [0, 0.05) is 6.04 Å². The highest BCUT2D eigenvalue weighted by Crippen LogP contribution is 2.06. The lowest BCUT2D eigenvalue weighted by Crippen LogP contribution is -2.31. The van der Waals surface area contributed by atoms with E-state index in [1.165, 1.54) is 5.56 Å². The molecule has 0 saturated carbocycles. The third-order valence-electron chi connectivity index (χ3n) is 2.56. The van der Waals surface area contributed by atoms with Crippen molar-refractivity contribution in [2.75, 3.05) is 6.54 Å². The van der Waals surface area contributed by atoms with E-state index in [0.29, 0.717) is 6.04 Å². The average molecular weight is 215 g/mol. The van der Waals surface area contributed by atoms with Gasteiger partial charge >= 0.3 is 0 Å². The van der Waals surface area contributed by atoms with Gasteiger partial charge in [-0.05, 0) is 31.4 Å². The van der Waals surface area contributed by atoms with Crippen molar-refractivity contribution in [3.05, 3.63) is 61.2 Å². The van der Waals surface area contributed by atoms with Crippen LogP contribution in [0.5, 0.6) is 0 Å². The van der Waals surface area contributed by atoms with E-state index in [-0.39, 0.29) is 0 Å². The fraction of sp³-hybridized carbons (Fsp3) is 0.333. The van der Waals surface area contributed by atoms with E-state index in [9.17, 15) is 0 Å². The Hall–Kier alpha value is -1.34. The van der Waals surface area contributed by atoms with Gasteiger partial charge in [0.2, 0.25) is 0 Å². The molecule has 1 N–H and O–H groups in total. The summed E-state index contributed by atoms with van der Waals surface area (Å²) in [7, 11) is 0. The van der Waals surface area contributed by atoms with Gasteiger partial charge in [0.05, 0.1) is 0 Å².